The van der Waals surface area contributed by atoms with Crippen LogP contribution in [0.4, 0.5) is 0 Å². The van der Waals surface area contributed by atoms with Gasteiger partial charge in [-0.2, -0.15) is 4.68 Å². The molecule has 6 nitrogen and oxygen atoms in total. The number of carbonyl (C=O) groups is 1. The van der Waals surface area contributed by atoms with Gasteiger partial charge in [-0.3, -0.25) is 4.79 Å². The van der Waals surface area contributed by atoms with E-state index in [0.717, 1.165) is 5.69 Å². The minimum Gasteiger partial charge on any atom is -0.338 e. The van der Waals surface area contributed by atoms with E-state index in [1.54, 1.807) is 4.90 Å². The van der Waals surface area contributed by atoms with Gasteiger partial charge in [0.25, 0.3) is 5.91 Å². The van der Waals surface area contributed by atoms with E-state index in [2.05, 4.69) is 15.5 Å². The van der Waals surface area contributed by atoms with Crippen molar-refractivity contribution in [2.75, 3.05) is 13.1 Å². The monoisotopic (exact) mass is 251 g/mol. The van der Waals surface area contributed by atoms with Gasteiger partial charge in [0.1, 0.15) is 11.2 Å². The zero-order valence-electron chi connectivity index (χ0n) is 9.70. The lowest BCUT2D eigenvalue weighted by Crippen LogP contribution is -2.30. The van der Waals surface area contributed by atoms with Crippen LogP contribution in [-0.4, -0.2) is 44.1 Å². The van der Waals surface area contributed by atoms with Crippen molar-refractivity contribution in [2.45, 2.75) is 13.8 Å². The molecule has 2 rings (SSSR count). The van der Waals surface area contributed by atoms with Crippen molar-refractivity contribution in [1.29, 1.82) is 0 Å². The molecule has 7 heteroatoms. The molecule has 2 heterocycles. The van der Waals surface area contributed by atoms with Gasteiger partial charge in [0.15, 0.2) is 0 Å². The number of rotatable bonds is 4. The average Bonchev–Trinajstić information content (AvgIpc) is 3.01. The number of amides is 1. The van der Waals surface area contributed by atoms with Crippen LogP contribution in [0.15, 0.2) is 17.8 Å². The van der Waals surface area contributed by atoms with Crippen LogP contribution >= 0.6 is 11.3 Å². The summed E-state index contributed by atoms with van der Waals surface area (Å²) in [4.78, 5) is 14.7. The smallest absolute Gasteiger partial charge is 0.266 e. The first-order valence-electron chi connectivity index (χ1n) is 5.38. The van der Waals surface area contributed by atoms with Crippen molar-refractivity contribution in [3.63, 3.8) is 0 Å². The third-order valence-corrected chi connectivity index (χ3v) is 3.38. The molecule has 0 spiro atoms. The molecule has 0 aliphatic carbocycles. The second-order valence-corrected chi connectivity index (χ2v) is 4.28. The number of hydrogen-bond acceptors (Lipinski definition) is 5. The number of carbonyl (C=O) groups excluding carboxylic acids is 1. The van der Waals surface area contributed by atoms with Gasteiger partial charge >= 0.3 is 0 Å². The Labute approximate surface area is 103 Å². The molecule has 0 aromatic carbocycles. The molecule has 0 N–H and O–H groups in total. The van der Waals surface area contributed by atoms with E-state index in [0.29, 0.717) is 18.0 Å². The van der Waals surface area contributed by atoms with Crippen molar-refractivity contribution in [3.8, 4) is 5.69 Å². The van der Waals surface area contributed by atoms with E-state index in [4.69, 9.17) is 0 Å². The van der Waals surface area contributed by atoms with Crippen LogP contribution in [0.25, 0.3) is 5.69 Å². The summed E-state index contributed by atoms with van der Waals surface area (Å²) in [6.07, 6.45) is 1.49. The van der Waals surface area contributed by atoms with E-state index in [-0.39, 0.29) is 5.91 Å². The highest BCUT2D eigenvalue weighted by molar-refractivity contribution is 7.12. The number of nitrogens with zero attached hydrogens (tertiary/aromatic N) is 5. The molecule has 0 atom stereocenters. The van der Waals surface area contributed by atoms with Crippen molar-refractivity contribution < 1.29 is 4.79 Å². The van der Waals surface area contributed by atoms with Crippen LogP contribution in [0.2, 0.25) is 0 Å². The Balaban J connectivity index is 2.34. The summed E-state index contributed by atoms with van der Waals surface area (Å²) in [6, 6.07) is 1.84. The summed E-state index contributed by atoms with van der Waals surface area (Å²) < 4.78 is 1.51. The van der Waals surface area contributed by atoms with E-state index < -0.39 is 0 Å². The van der Waals surface area contributed by atoms with E-state index in [9.17, 15) is 4.79 Å². The molecular formula is C10H13N5OS. The fraction of sp³-hybridized carbons (Fsp3) is 0.400. The minimum absolute atomic E-state index is 0.0236. The Morgan fingerprint density at radius 1 is 1.47 bits per heavy atom. The lowest BCUT2D eigenvalue weighted by atomic mass is 10.3. The van der Waals surface area contributed by atoms with Crippen LogP contribution in [0.3, 0.4) is 0 Å². The highest BCUT2D eigenvalue weighted by Gasteiger charge is 2.19. The summed E-state index contributed by atoms with van der Waals surface area (Å²) in [5.41, 5.74) is 0.733. The SMILES string of the molecule is CCN(CC)C(=O)c1sccc1-n1cnnn1. The van der Waals surface area contributed by atoms with Crippen molar-refractivity contribution in [3.05, 3.63) is 22.7 Å². The molecule has 0 saturated carbocycles. The van der Waals surface area contributed by atoms with Crippen LogP contribution in [0, 0.1) is 0 Å². The van der Waals surface area contributed by atoms with E-state index >= 15 is 0 Å². The molecule has 17 heavy (non-hydrogen) atoms. The molecule has 0 unspecified atom stereocenters. The lowest BCUT2D eigenvalue weighted by Gasteiger charge is -2.18. The first kappa shape index (κ1) is 11.7. The number of aromatic nitrogens is 4. The van der Waals surface area contributed by atoms with Crippen molar-refractivity contribution in [1.82, 2.24) is 25.1 Å². The largest absolute Gasteiger partial charge is 0.338 e. The summed E-state index contributed by atoms with van der Waals surface area (Å²) in [5.74, 6) is 0.0236. The maximum absolute atomic E-state index is 12.2. The van der Waals surface area contributed by atoms with Gasteiger partial charge in [-0.15, -0.1) is 16.4 Å². The molecule has 0 aliphatic heterocycles. The number of thiophene rings is 1. The third-order valence-electron chi connectivity index (χ3n) is 2.49. The van der Waals surface area contributed by atoms with Gasteiger partial charge < -0.3 is 4.90 Å². The van der Waals surface area contributed by atoms with Gasteiger partial charge in [-0.1, -0.05) is 0 Å². The zero-order chi connectivity index (χ0) is 12.3. The van der Waals surface area contributed by atoms with Gasteiger partial charge in [-0.25, -0.2) is 0 Å². The predicted molar refractivity (Wildman–Crippen MR) is 64.3 cm³/mol. The molecule has 0 radical (unpaired) electrons. The van der Waals surface area contributed by atoms with Gasteiger partial charge in [0.05, 0.1) is 5.69 Å². The standard InChI is InChI=1S/C10H13N5OS/c1-3-14(4-2)10(16)9-8(5-6-17-9)15-7-11-12-13-15/h5-7H,3-4H2,1-2H3. The Hall–Kier alpha value is -1.76. The van der Waals surface area contributed by atoms with Crippen LogP contribution in [0.1, 0.15) is 23.5 Å². The molecule has 0 saturated heterocycles. The van der Waals surface area contributed by atoms with E-state index in [1.165, 1.54) is 22.3 Å². The van der Waals surface area contributed by atoms with Crippen LogP contribution in [-0.2, 0) is 0 Å². The third kappa shape index (κ3) is 2.19. The summed E-state index contributed by atoms with van der Waals surface area (Å²) in [7, 11) is 0. The quantitative estimate of drug-likeness (QED) is 0.819. The number of tetrazole rings is 1. The Morgan fingerprint density at radius 2 is 2.24 bits per heavy atom. The first-order valence-corrected chi connectivity index (χ1v) is 6.26. The second kappa shape index (κ2) is 5.05. The van der Waals surface area contributed by atoms with Crippen molar-refractivity contribution in [2.24, 2.45) is 0 Å². The minimum atomic E-state index is 0.0236. The molecule has 0 bridgehead atoms. The molecule has 0 aliphatic rings. The van der Waals surface area contributed by atoms with Crippen molar-refractivity contribution >= 4 is 17.2 Å². The zero-order valence-corrected chi connectivity index (χ0v) is 10.5. The highest BCUT2D eigenvalue weighted by atomic mass is 32.1. The lowest BCUT2D eigenvalue weighted by molar-refractivity contribution is 0.0777. The molecule has 2 aromatic rings. The fourth-order valence-corrected chi connectivity index (χ4v) is 2.41. The molecule has 0 fully saturated rings. The molecular weight excluding hydrogens is 238 g/mol. The Bertz CT molecular complexity index is 489. The number of hydrogen-bond donors (Lipinski definition) is 0. The second-order valence-electron chi connectivity index (χ2n) is 3.37. The summed E-state index contributed by atoms with van der Waals surface area (Å²) in [6.45, 7) is 5.32. The Morgan fingerprint density at radius 3 is 2.82 bits per heavy atom. The first-order chi connectivity index (χ1) is 8.27. The summed E-state index contributed by atoms with van der Waals surface area (Å²) in [5, 5.41) is 12.8. The normalized spacial score (nSPS) is 10.5. The molecule has 2 aromatic heterocycles. The van der Waals surface area contributed by atoms with Gasteiger partial charge in [0, 0.05) is 13.1 Å². The van der Waals surface area contributed by atoms with E-state index in [1.807, 2.05) is 25.3 Å². The highest BCUT2D eigenvalue weighted by Crippen LogP contribution is 2.21. The molecule has 1 amide bonds. The topological polar surface area (TPSA) is 63.9 Å². The van der Waals surface area contributed by atoms with Crippen LogP contribution < -0.4 is 0 Å². The summed E-state index contributed by atoms with van der Waals surface area (Å²) >= 11 is 1.41. The average molecular weight is 251 g/mol. The van der Waals surface area contributed by atoms with Crippen LogP contribution in [0.5, 0.6) is 0 Å². The molecule has 90 valence electrons. The Kier molecular flexibility index (Phi) is 3.48. The maximum Gasteiger partial charge on any atom is 0.266 e. The fourth-order valence-electron chi connectivity index (χ4n) is 1.57. The van der Waals surface area contributed by atoms with Gasteiger partial charge in [0.2, 0.25) is 0 Å². The predicted octanol–water partition coefficient (Wildman–Crippen LogP) is 1.21. The maximum atomic E-state index is 12.2. The van der Waals surface area contributed by atoms with Gasteiger partial charge in [-0.05, 0) is 35.7 Å².